The first-order valence-corrected chi connectivity index (χ1v) is 14.3. The number of benzene rings is 5. The van der Waals surface area contributed by atoms with Crippen LogP contribution in [0.5, 0.6) is 11.5 Å². The summed E-state index contributed by atoms with van der Waals surface area (Å²) in [6, 6.07) is 38.0. The predicted molar refractivity (Wildman–Crippen MR) is 166 cm³/mol. The lowest BCUT2D eigenvalue weighted by molar-refractivity contribution is 0.0954. The molecule has 0 bridgehead atoms. The minimum atomic E-state index is -0.239. The Morgan fingerprint density at radius 2 is 1.46 bits per heavy atom. The van der Waals surface area contributed by atoms with Gasteiger partial charge >= 0.3 is 0 Å². The maximum absolute atomic E-state index is 13.3. The lowest BCUT2D eigenvalue weighted by atomic mass is 10.0. The van der Waals surface area contributed by atoms with Crippen LogP contribution < -0.4 is 15.4 Å². The average Bonchev–Trinajstić information content (AvgIpc) is 3.00. The number of carbonyl (C=O) groups is 1. The van der Waals surface area contributed by atoms with Gasteiger partial charge in [-0.05, 0) is 88.8 Å². The quantitative estimate of drug-likeness (QED) is 0.158. The molecule has 5 rings (SSSR count). The van der Waals surface area contributed by atoms with E-state index in [9.17, 15) is 9.18 Å². The van der Waals surface area contributed by atoms with Gasteiger partial charge in [0.1, 0.15) is 17.3 Å². The normalized spacial score (nSPS) is 10.8. The fourth-order valence-electron chi connectivity index (χ4n) is 4.45. The smallest absolute Gasteiger partial charge is 0.251 e. The first kappa shape index (κ1) is 28.3. The Morgan fingerprint density at radius 3 is 2.22 bits per heavy atom. The third-order valence-electron chi connectivity index (χ3n) is 6.67. The molecule has 0 saturated carbocycles. The zero-order valence-electron chi connectivity index (χ0n) is 22.4. The Bertz CT molecular complexity index is 1590. The zero-order valence-corrected chi connectivity index (χ0v) is 24.0. The van der Waals surface area contributed by atoms with Crippen molar-refractivity contribution in [1.29, 1.82) is 0 Å². The molecule has 41 heavy (non-hydrogen) atoms. The van der Waals surface area contributed by atoms with Crippen LogP contribution in [0.1, 0.15) is 27.0 Å². The molecule has 0 saturated heterocycles. The largest absolute Gasteiger partial charge is 0.457 e. The van der Waals surface area contributed by atoms with Crippen molar-refractivity contribution in [3.63, 3.8) is 0 Å². The van der Waals surface area contributed by atoms with E-state index in [1.54, 1.807) is 12.1 Å². The van der Waals surface area contributed by atoms with Crippen molar-refractivity contribution in [3.8, 4) is 22.6 Å². The molecule has 5 aromatic rings. The molecule has 4 nitrogen and oxygen atoms in total. The number of amides is 1. The van der Waals surface area contributed by atoms with E-state index in [4.69, 9.17) is 4.74 Å². The molecule has 0 radical (unpaired) electrons. The van der Waals surface area contributed by atoms with Crippen LogP contribution in [0.2, 0.25) is 0 Å². The van der Waals surface area contributed by atoms with Gasteiger partial charge in [0, 0.05) is 29.7 Å². The van der Waals surface area contributed by atoms with Gasteiger partial charge in [0.25, 0.3) is 5.91 Å². The number of ether oxygens (including phenoxy) is 1. The molecule has 0 aliphatic carbocycles. The number of hydrogen-bond donors (Lipinski definition) is 2. The summed E-state index contributed by atoms with van der Waals surface area (Å²) in [4.78, 5) is 12.7. The van der Waals surface area contributed by atoms with Crippen molar-refractivity contribution in [2.45, 2.75) is 19.5 Å². The molecule has 0 spiro atoms. The summed E-state index contributed by atoms with van der Waals surface area (Å²) in [5.41, 5.74) is 5.97. The van der Waals surface area contributed by atoms with E-state index < -0.39 is 0 Å². The van der Waals surface area contributed by atoms with Crippen LogP contribution in [0.25, 0.3) is 11.1 Å². The summed E-state index contributed by atoms with van der Waals surface area (Å²) < 4.78 is 20.0. The van der Waals surface area contributed by atoms with Crippen LogP contribution in [0, 0.1) is 5.82 Å². The molecule has 5 aromatic carbocycles. The SMILES string of the molecule is O=C(NCCc1ccc(Oc2ccccc2)cc1)c1ccc(CNCc2cccc(-c3ccc(F)cc3)c2)c(Br)c1. The molecule has 2 N–H and O–H groups in total. The van der Waals surface area contributed by atoms with Crippen molar-refractivity contribution in [1.82, 2.24) is 10.6 Å². The Balaban J connectivity index is 1.08. The van der Waals surface area contributed by atoms with Crippen molar-refractivity contribution < 1.29 is 13.9 Å². The fraction of sp³-hybridized carbons (Fsp3) is 0.114. The van der Waals surface area contributed by atoms with Gasteiger partial charge in [0.2, 0.25) is 0 Å². The van der Waals surface area contributed by atoms with Gasteiger partial charge in [-0.1, -0.05) is 82.7 Å². The standard InChI is InChI=1S/C35H30BrFN2O2/c36-34-22-29(35(40)39-20-19-25-9-17-33(18-10-25)41-32-7-2-1-3-8-32)11-12-30(34)24-38-23-26-5-4-6-28(21-26)27-13-15-31(37)16-14-27/h1-18,21-22,38H,19-20,23-24H2,(H,39,40). The Morgan fingerprint density at radius 1 is 0.707 bits per heavy atom. The highest BCUT2D eigenvalue weighted by Gasteiger charge is 2.09. The average molecular weight is 610 g/mol. The lowest BCUT2D eigenvalue weighted by Gasteiger charge is -2.11. The molecular formula is C35H30BrFN2O2. The molecule has 0 heterocycles. The maximum Gasteiger partial charge on any atom is 0.251 e. The van der Waals surface area contributed by atoms with Crippen molar-refractivity contribution in [2.75, 3.05) is 6.54 Å². The first-order valence-electron chi connectivity index (χ1n) is 13.5. The molecule has 0 aromatic heterocycles. The van der Waals surface area contributed by atoms with Gasteiger partial charge in [-0.3, -0.25) is 4.79 Å². The van der Waals surface area contributed by atoms with Crippen molar-refractivity contribution >= 4 is 21.8 Å². The molecule has 206 valence electrons. The second-order valence-corrected chi connectivity index (χ2v) is 10.5. The van der Waals surface area contributed by atoms with Gasteiger partial charge in [-0.15, -0.1) is 0 Å². The molecule has 1 amide bonds. The third-order valence-corrected chi connectivity index (χ3v) is 7.40. The van der Waals surface area contributed by atoms with Gasteiger partial charge in [-0.2, -0.15) is 0 Å². The summed E-state index contributed by atoms with van der Waals surface area (Å²) in [7, 11) is 0. The van der Waals surface area contributed by atoms with Crippen LogP contribution in [-0.4, -0.2) is 12.5 Å². The summed E-state index contributed by atoms with van der Waals surface area (Å²) in [6.45, 7) is 1.87. The van der Waals surface area contributed by atoms with Gasteiger partial charge < -0.3 is 15.4 Å². The molecule has 0 aliphatic heterocycles. The molecule has 0 aliphatic rings. The molecular weight excluding hydrogens is 579 g/mol. The van der Waals surface area contributed by atoms with E-state index >= 15 is 0 Å². The van der Waals surface area contributed by atoms with E-state index in [-0.39, 0.29) is 11.7 Å². The van der Waals surface area contributed by atoms with Crippen molar-refractivity contribution in [3.05, 3.63) is 154 Å². The van der Waals surface area contributed by atoms with Crippen LogP contribution in [0.3, 0.4) is 0 Å². The topological polar surface area (TPSA) is 50.4 Å². The predicted octanol–water partition coefficient (Wildman–Crippen LogP) is 8.31. The van der Waals surface area contributed by atoms with Crippen LogP contribution in [-0.2, 0) is 19.5 Å². The number of carbonyl (C=O) groups excluding carboxylic acids is 1. The fourth-order valence-corrected chi connectivity index (χ4v) is 4.97. The monoisotopic (exact) mass is 608 g/mol. The van der Waals surface area contributed by atoms with E-state index in [1.807, 2.05) is 84.9 Å². The minimum absolute atomic E-state index is 0.105. The van der Waals surface area contributed by atoms with E-state index in [0.29, 0.717) is 25.2 Å². The summed E-state index contributed by atoms with van der Waals surface area (Å²) in [6.07, 6.45) is 0.725. The maximum atomic E-state index is 13.3. The Labute approximate surface area is 248 Å². The van der Waals surface area contributed by atoms with Gasteiger partial charge in [0.05, 0.1) is 0 Å². The van der Waals surface area contributed by atoms with Crippen LogP contribution >= 0.6 is 15.9 Å². The summed E-state index contributed by atoms with van der Waals surface area (Å²) in [5, 5.41) is 6.47. The van der Waals surface area contributed by atoms with Gasteiger partial charge in [-0.25, -0.2) is 4.39 Å². The Hall–Kier alpha value is -4.26. The van der Waals surface area contributed by atoms with Crippen molar-refractivity contribution in [2.24, 2.45) is 0 Å². The van der Waals surface area contributed by atoms with E-state index in [2.05, 4.69) is 38.7 Å². The number of nitrogens with one attached hydrogen (secondary N) is 2. The molecule has 0 atom stereocenters. The highest BCUT2D eigenvalue weighted by molar-refractivity contribution is 9.10. The molecule has 0 unspecified atom stereocenters. The Kier molecular flexibility index (Phi) is 9.57. The third kappa shape index (κ3) is 8.13. The second kappa shape index (κ2) is 13.9. The zero-order chi connectivity index (χ0) is 28.4. The first-order chi connectivity index (χ1) is 20.0. The highest BCUT2D eigenvalue weighted by Crippen LogP contribution is 2.23. The number of halogens is 2. The van der Waals surface area contributed by atoms with Crippen LogP contribution in [0.4, 0.5) is 4.39 Å². The lowest BCUT2D eigenvalue weighted by Crippen LogP contribution is -2.25. The van der Waals surface area contributed by atoms with E-state index in [1.165, 1.54) is 12.1 Å². The summed E-state index contributed by atoms with van der Waals surface area (Å²) in [5.74, 6) is 1.24. The number of rotatable bonds is 11. The molecule has 6 heteroatoms. The number of para-hydroxylation sites is 1. The number of hydrogen-bond acceptors (Lipinski definition) is 3. The second-order valence-electron chi connectivity index (χ2n) is 9.68. The highest BCUT2D eigenvalue weighted by atomic mass is 79.9. The molecule has 0 fully saturated rings. The van der Waals surface area contributed by atoms with Gasteiger partial charge in [0.15, 0.2) is 0 Å². The summed E-state index contributed by atoms with van der Waals surface area (Å²) >= 11 is 3.62. The minimum Gasteiger partial charge on any atom is -0.457 e. The van der Waals surface area contributed by atoms with E-state index in [0.717, 1.165) is 50.2 Å². The van der Waals surface area contributed by atoms with Crippen LogP contribution in [0.15, 0.2) is 126 Å².